The van der Waals surface area contributed by atoms with Crippen LogP contribution in [0.3, 0.4) is 0 Å². The highest BCUT2D eigenvalue weighted by Gasteiger charge is 2.34. The molecule has 1 aliphatic heterocycles. The molecule has 2 aromatic rings. The number of nitrogens with two attached hydrogens (primary N) is 1. The number of hydrogen-bond acceptors (Lipinski definition) is 5. The van der Waals surface area contributed by atoms with Crippen LogP contribution >= 0.6 is 0 Å². The van der Waals surface area contributed by atoms with Crippen molar-refractivity contribution in [2.45, 2.75) is 25.9 Å². The molecule has 0 aromatic carbocycles. The fourth-order valence-corrected chi connectivity index (χ4v) is 3.15. The Bertz CT molecular complexity index is 764. The van der Waals surface area contributed by atoms with E-state index in [0.29, 0.717) is 31.0 Å². The Morgan fingerprint density at radius 2 is 2.15 bits per heavy atom. The molecule has 2 atom stereocenters. The number of carbonyl (C=O) groups is 2. The lowest BCUT2D eigenvalue weighted by molar-refractivity contribution is -0.120. The van der Waals surface area contributed by atoms with Crippen molar-refractivity contribution in [1.29, 1.82) is 0 Å². The van der Waals surface area contributed by atoms with E-state index in [1.54, 1.807) is 35.6 Å². The predicted molar refractivity (Wildman–Crippen MR) is 95.4 cm³/mol. The third-order valence-electron chi connectivity index (χ3n) is 4.47. The second kappa shape index (κ2) is 7.95. The molecule has 2 amide bonds. The van der Waals surface area contributed by atoms with Crippen molar-refractivity contribution < 1.29 is 14.3 Å². The summed E-state index contributed by atoms with van der Waals surface area (Å²) < 4.78 is 5.99. The van der Waals surface area contributed by atoms with Gasteiger partial charge in [0.1, 0.15) is 17.5 Å². The minimum atomic E-state index is -0.405. The van der Waals surface area contributed by atoms with E-state index in [-0.39, 0.29) is 24.3 Å². The smallest absolute Gasteiger partial charge is 0.272 e. The number of hydrogen-bond donors (Lipinski definition) is 1. The first-order chi connectivity index (χ1) is 12.5. The topological polar surface area (TPSA) is 98.4 Å². The van der Waals surface area contributed by atoms with Gasteiger partial charge in [-0.15, -0.1) is 0 Å². The van der Waals surface area contributed by atoms with Crippen LogP contribution in [0.2, 0.25) is 0 Å². The average molecular weight is 354 g/mol. The van der Waals surface area contributed by atoms with Gasteiger partial charge in [0.25, 0.3) is 5.91 Å². The van der Waals surface area contributed by atoms with Crippen molar-refractivity contribution >= 4 is 11.8 Å². The minimum Gasteiger partial charge on any atom is -0.488 e. The molecule has 0 spiro atoms. The van der Waals surface area contributed by atoms with Crippen molar-refractivity contribution in [3.8, 4) is 5.75 Å². The van der Waals surface area contributed by atoms with Crippen LogP contribution in [0.5, 0.6) is 5.75 Å². The number of amides is 2. The highest BCUT2D eigenvalue weighted by molar-refractivity contribution is 5.92. The summed E-state index contributed by atoms with van der Waals surface area (Å²) in [6, 6.07) is 7.20. The zero-order chi connectivity index (χ0) is 18.5. The maximum absolute atomic E-state index is 12.7. The molecule has 1 saturated heterocycles. The summed E-state index contributed by atoms with van der Waals surface area (Å²) in [6.45, 7) is 2.86. The van der Waals surface area contributed by atoms with Gasteiger partial charge in [0.05, 0.1) is 6.20 Å². The van der Waals surface area contributed by atoms with E-state index in [1.165, 1.54) is 0 Å². The monoisotopic (exact) mass is 354 g/mol. The maximum atomic E-state index is 12.7. The van der Waals surface area contributed by atoms with Crippen molar-refractivity contribution in [2.24, 2.45) is 11.7 Å². The Morgan fingerprint density at radius 1 is 1.31 bits per heavy atom. The number of rotatable bonds is 5. The third-order valence-corrected chi connectivity index (χ3v) is 4.47. The van der Waals surface area contributed by atoms with Gasteiger partial charge in [-0.25, -0.2) is 0 Å². The van der Waals surface area contributed by atoms with Gasteiger partial charge in [0.2, 0.25) is 5.91 Å². The zero-order valence-electron chi connectivity index (χ0n) is 14.7. The van der Waals surface area contributed by atoms with E-state index >= 15 is 0 Å². The third kappa shape index (κ3) is 4.36. The number of piperidine rings is 1. The fourth-order valence-electron chi connectivity index (χ4n) is 3.15. The first-order valence-electron chi connectivity index (χ1n) is 8.60. The number of ether oxygens (including phenoxy) is 1. The summed E-state index contributed by atoms with van der Waals surface area (Å²) in [5, 5.41) is 0. The van der Waals surface area contributed by atoms with Gasteiger partial charge in [0.15, 0.2) is 0 Å². The van der Waals surface area contributed by atoms with Crippen molar-refractivity contribution in [1.82, 2.24) is 14.9 Å². The quantitative estimate of drug-likeness (QED) is 0.879. The second-order valence-corrected chi connectivity index (χ2v) is 6.54. The van der Waals surface area contributed by atoms with E-state index < -0.39 is 5.91 Å². The summed E-state index contributed by atoms with van der Waals surface area (Å²) >= 11 is 0. The molecule has 0 saturated carbocycles. The molecule has 3 heterocycles. The Labute approximate surface area is 152 Å². The molecule has 0 bridgehead atoms. The Hall–Kier alpha value is -2.96. The lowest BCUT2D eigenvalue weighted by Crippen LogP contribution is -2.49. The molecule has 1 fully saturated rings. The molecule has 7 heteroatoms. The molecule has 0 aliphatic carbocycles. The summed E-state index contributed by atoms with van der Waals surface area (Å²) in [5.41, 5.74) is 6.81. The molecule has 2 aromatic heterocycles. The van der Waals surface area contributed by atoms with E-state index in [0.717, 1.165) is 5.56 Å². The lowest BCUT2D eigenvalue weighted by Gasteiger charge is -2.38. The largest absolute Gasteiger partial charge is 0.488 e. The van der Waals surface area contributed by atoms with Gasteiger partial charge >= 0.3 is 0 Å². The summed E-state index contributed by atoms with van der Waals surface area (Å²) in [6.07, 6.45) is 5.56. The number of primary amides is 1. The number of carbonyl (C=O) groups excluding carboxylic acids is 2. The maximum Gasteiger partial charge on any atom is 0.272 e. The van der Waals surface area contributed by atoms with E-state index in [9.17, 15) is 9.59 Å². The summed E-state index contributed by atoms with van der Waals surface area (Å²) in [5.74, 6) is -0.0698. The molecule has 1 aliphatic rings. The second-order valence-electron chi connectivity index (χ2n) is 6.54. The first kappa shape index (κ1) is 17.8. The van der Waals surface area contributed by atoms with E-state index in [4.69, 9.17) is 10.5 Å². The van der Waals surface area contributed by atoms with Gasteiger partial charge < -0.3 is 15.4 Å². The zero-order valence-corrected chi connectivity index (χ0v) is 14.7. The molecule has 2 N–H and O–H groups in total. The van der Waals surface area contributed by atoms with Crippen molar-refractivity contribution in [2.75, 3.05) is 13.1 Å². The van der Waals surface area contributed by atoms with Crippen LogP contribution in [0.4, 0.5) is 0 Å². The number of nitrogens with zero attached hydrogens (tertiary/aromatic N) is 3. The van der Waals surface area contributed by atoms with Gasteiger partial charge in [-0.05, 0) is 30.7 Å². The van der Waals surface area contributed by atoms with Crippen LogP contribution in [-0.4, -0.2) is 45.9 Å². The van der Waals surface area contributed by atoms with E-state index in [1.807, 2.05) is 19.1 Å². The highest BCUT2D eigenvalue weighted by atomic mass is 16.5. The van der Waals surface area contributed by atoms with E-state index in [2.05, 4.69) is 9.97 Å². The molecule has 136 valence electrons. The minimum absolute atomic E-state index is 0.140. The average Bonchev–Trinajstić information content (AvgIpc) is 2.64. The molecule has 0 radical (unpaired) electrons. The van der Waals surface area contributed by atoms with Crippen molar-refractivity contribution in [3.63, 3.8) is 0 Å². The molecule has 26 heavy (non-hydrogen) atoms. The van der Waals surface area contributed by atoms with Crippen LogP contribution in [-0.2, 0) is 4.79 Å². The highest BCUT2D eigenvalue weighted by Crippen LogP contribution is 2.26. The van der Waals surface area contributed by atoms with Crippen LogP contribution < -0.4 is 10.5 Å². The van der Waals surface area contributed by atoms with Crippen LogP contribution in [0, 0.1) is 12.8 Å². The van der Waals surface area contributed by atoms with Gasteiger partial charge in [-0.1, -0.05) is 6.07 Å². The van der Waals surface area contributed by atoms with Crippen LogP contribution in [0.1, 0.15) is 28.9 Å². The lowest BCUT2D eigenvalue weighted by atomic mass is 9.91. The summed E-state index contributed by atoms with van der Waals surface area (Å²) in [7, 11) is 0. The number of aromatic nitrogens is 2. The molecule has 7 nitrogen and oxygen atoms in total. The Morgan fingerprint density at radius 3 is 2.81 bits per heavy atom. The molecule has 3 rings (SSSR count). The van der Waals surface area contributed by atoms with Crippen molar-refractivity contribution in [3.05, 3.63) is 54.1 Å². The normalized spacial score (nSPS) is 19.8. The van der Waals surface area contributed by atoms with Crippen LogP contribution in [0.25, 0.3) is 0 Å². The number of aryl methyl sites for hydroxylation is 1. The number of pyridine rings is 2. The SMILES string of the molecule is Cc1ccc(C(=O)N2CC[C@@H](Oc3cccnc3)[C@H](CC(N)=O)C2)nc1. The standard InChI is InChI=1S/C19H22N4O3/c1-13-4-5-16(22-10-13)19(25)23-8-6-17(14(12-23)9-18(20)24)26-15-3-2-7-21-11-15/h2-5,7,10-11,14,17H,6,8-9,12H2,1H3,(H2,20,24)/t14-,17-/m1/s1. The predicted octanol–water partition coefficient (Wildman–Crippen LogP) is 1.57. The molecular formula is C19H22N4O3. The van der Waals surface area contributed by atoms with Crippen LogP contribution in [0.15, 0.2) is 42.9 Å². The Balaban J connectivity index is 1.71. The van der Waals surface area contributed by atoms with Gasteiger partial charge in [-0.3, -0.25) is 19.6 Å². The molecular weight excluding hydrogens is 332 g/mol. The number of likely N-dealkylation sites (tertiary alicyclic amines) is 1. The summed E-state index contributed by atoms with van der Waals surface area (Å²) in [4.78, 5) is 34.1. The fraction of sp³-hybridized carbons (Fsp3) is 0.368. The van der Waals surface area contributed by atoms with Gasteiger partial charge in [0, 0.05) is 44.2 Å². The van der Waals surface area contributed by atoms with Gasteiger partial charge in [-0.2, -0.15) is 0 Å². The first-order valence-corrected chi connectivity index (χ1v) is 8.60. The molecule has 0 unspecified atom stereocenters. The Kier molecular flexibility index (Phi) is 5.46.